The second-order valence-corrected chi connectivity index (χ2v) is 8.27. The Labute approximate surface area is 168 Å². The number of carbonyl (C=O) groups excluding carboxylic acids is 1. The fourth-order valence-electron chi connectivity index (χ4n) is 3.00. The van der Waals surface area contributed by atoms with Crippen molar-refractivity contribution in [2.45, 2.75) is 32.0 Å². The van der Waals surface area contributed by atoms with Crippen LogP contribution in [0.1, 0.15) is 23.3 Å². The third-order valence-electron chi connectivity index (χ3n) is 4.30. The van der Waals surface area contributed by atoms with Crippen LogP contribution in [0.25, 0.3) is 0 Å². The maximum atomic E-state index is 12.4. The van der Waals surface area contributed by atoms with Gasteiger partial charge in [-0.05, 0) is 42.0 Å². The molecule has 1 aromatic carbocycles. The van der Waals surface area contributed by atoms with Gasteiger partial charge in [0.25, 0.3) is 0 Å². The number of halogens is 2. The lowest BCUT2D eigenvalue weighted by molar-refractivity contribution is -0.122. The third-order valence-corrected chi connectivity index (χ3v) is 5.75. The summed E-state index contributed by atoms with van der Waals surface area (Å²) in [4.78, 5) is 15.8. The highest BCUT2D eigenvalue weighted by molar-refractivity contribution is 7.09. The van der Waals surface area contributed by atoms with E-state index in [9.17, 15) is 4.79 Å². The summed E-state index contributed by atoms with van der Waals surface area (Å²) < 4.78 is 5.74. The lowest BCUT2D eigenvalue weighted by Gasteiger charge is -2.24. The monoisotopic (exact) mass is 412 g/mol. The first-order valence-corrected chi connectivity index (χ1v) is 10.3. The van der Waals surface area contributed by atoms with E-state index in [-0.39, 0.29) is 12.0 Å². The normalized spacial score (nSPS) is 17.0. The SMILES string of the molecule is O=C(CN(Cc1cccs1)CC1CCCO1)NCc1ccc(Cl)cc1Cl. The van der Waals surface area contributed by atoms with Crippen LogP contribution in [0.15, 0.2) is 35.7 Å². The van der Waals surface area contributed by atoms with Gasteiger partial charge in [0, 0.05) is 41.2 Å². The van der Waals surface area contributed by atoms with Gasteiger partial charge in [-0.25, -0.2) is 0 Å². The molecule has 26 heavy (non-hydrogen) atoms. The van der Waals surface area contributed by atoms with Crippen LogP contribution >= 0.6 is 34.5 Å². The molecule has 1 N–H and O–H groups in total. The fourth-order valence-corrected chi connectivity index (χ4v) is 4.22. The zero-order valence-corrected chi connectivity index (χ0v) is 16.7. The smallest absolute Gasteiger partial charge is 0.234 e. The Balaban J connectivity index is 1.55. The van der Waals surface area contributed by atoms with Gasteiger partial charge in [-0.3, -0.25) is 9.69 Å². The molecule has 1 atom stereocenters. The summed E-state index contributed by atoms with van der Waals surface area (Å²) in [5.41, 5.74) is 0.855. The number of amides is 1. The lowest BCUT2D eigenvalue weighted by Crippen LogP contribution is -2.40. The van der Waals surface area contributed by atoms with Crippen molar-refractivity contribution >= 4 is 40.4 Å². The fraction of sp³-hybridized carbons (Fsp3) is 0.421. The van der Waals surface area contributed by atoms with E-state index in [1.165, 1.54) is 4.88 Å². The van der Waals surface area contributed by atoms with Gasteiger partial charge in [-0.2, -0.15) is 0 Å². The molecule has 3 rings (SSSR count). The van der Waals surface area contributed by atoms with E-state index in [4.69, 9.17) is 27.9 Å². The minimum atomic E-state index is -0.0226. The summed E-state index contributed by atoms with van der Waals surface area (Å²) in [7, 11) is 0. The number of nitrogens with zero attached hydrogens (tertiary/aromatic N) is 1. The van der Waals surface area contributed by atoms with Crippen molar-refractivity contribution in [3.63, 3.8) is 0 Å². The number of benzene rings is 1. The third kappa shape index (κ3) is 5.96. The molecule has 0 bridgehead atoms. The number of ether oxygens (including phenoxy) is 1. The zero-order valence-electron chi connectivity index (χ0n) is 14.4. The van der Waals surface area contributed by atoms with Gasteiger partial charge in [-0.1, -0.05) is 35.3 Å². The Morgan fingerprint density at radius 3 is 2.92 bits per heavy atom. The van der Waals surface area contributed by atoms with Crippen molar-refractivity contribution in [2.75, 3.05) is 19.7 Å². The summed E-state index contributed by atoms with van der Waals surface area (Å²) in [6.07, 6.45) is 2.37. The highest BCUT2D eigenvalue weighted by Crippen LogP contribution is 2.21. The average Bonchev–Trinajstić information content (AvgIpc) is 3.28. The minimum absolute atomic E-state index is 0.0226. The van der Waals surface area contributed by atoms with E-state index in [1.807, 2.05) is 12.1 Å². The molecule has 2 heterocycles. The highest BCUT2D eigenvalue weighted by atomic mass is 35.5. The first kappa shape index (κ1) is 19.6. The van der Waals surface area contributed by atoms with Gasteiger partial charge < -0.3 is 10.1 Å². The number of hydrogen-bond donors (Lipinski definition) is 1. The maximum Gasteiger partial charge on any atom is 0.234 e. The molecule has 1 aliphatic rings. The van der Waals surface area contributed by atoms with Gasteiger partial charge in [-0.15, -0.1) is 11.3 Å². The molecule has 4 nitrogen and oxygen atoms in total. The Bertz CT molecular complexity index is 718. The summed E-state index contributed by atoms with van der Waals surface area (Å²) in [6, 6.07) is 9.42. The number of rotatable bonds is 8. The number of thiophene rings is 1. The summed E-state index contributed by atoms with van der Waals surface area (Å²) >= 11 is 13.8. The van der Waals surface area contributed by atoms with Crippen LogP contribution in [0, 0.1) is 0 Å². The molecule has 0 radical (unpaired) electrons. The molecule has 0 spiro atoms. The van der Waals surface area contributed by atoms with E-state index in [1.54, 1.807) is 23.5 Å². The molecule has 2 aromatic rings. The van der Waals surface area contributed by atoms with E-state index in [0.717, 1.165) is 38.1 Å². The molecule has 1 aromatic heterocycles. The Morgan fingerprint density at radius 1 is 1.35 bits per heavy atom. The second-order valence-electron chi connectivity index (χ2n) is 6.40. The molecular formula is C19H22Cl2N2O2S. The predicted octanol–water partition coefficient (Wildman–Crippen LogP) is 4.35. The topological polar surface area (TPSA) is 41.6 Å². The van der Waals surface area contributed by atoms with Gasteiger partial charge >= 0.3 is 0 Å². The van der Waals surface area contributed by atoms with E-state index < -0.39 is 0 Å². The van der Waals surface area contributed by atoms with Crippen molar-refractivity contribution in [1.29, 1.82) is 0 Å². The second kappa shape index (κ2) is 9.72. The first-order chi connectivity index (χ1) is 12.6. The molecule has 7 heteroatoms. The van der Waals surface area contributed by atoms with Crippen LogP contribution in [0.3, 0.4) is 0 Å². The maximum absolute atomic E-state index is 12.4. The van der Waals surface area contributed by atoms with E-state index >= 15 is 0 Å². The summed E-state index contributed by atoms with van der Waals surface area (Å²) in [6.45, 7) is 3.07. The summed E-state index contributed by atoms with van der Waals surface area (Å²) in [5.74, 6) is -0.0226. The Kier molecular flexibility index (Phi) is 7.34. The Morgan fingerprint density at radius 2 is 2.23 bits per heavy atom. The van der Waals surface area contributed by atoms with Crippen LogP contribution in [0.4, 0.5) is 0 Å². The van der Waals surface area contributed by atoms with Crippen molar-refractivity contribution in [2.24, 2.45) is 0 Å². The first-order valence-electron chi connectivity index (χ1n) is 8.67. The van der Waals surface area contributed by atoms with Crippen molar-refractivity contribution in [3.05, 3.63) is 56.2 Å². The quantitative estimate of drug-likeness (QED) is 0.700. The van der Waals surface area contributed by atoms with E-state index in [0.29, 0.717) is 23.1 Å². The highest BCUT2D eigenvalue weighted by Gasteiger charge is 2.21. The van der Waals surface area contributed by atoms with Crippen LogP contribution in [-0.4, -0.2) is 36.6 Å². The number of hydrogen-bond acceptors (Lipinski definition) is 4. The molecule has 0 saturated carbocycles. The summed E-state index contributed by atoms with van der Waals surface area (Å²) in [5, 5.41) is 6.16. The lowest BCUT2D eigenvalue weighted by atomic mass is 10.2. The van der Waals surface area contributed by atoms with Crippen LogP contribution in [0.2, 0.25) is 10.0 Å². The van der Waals surface area contributed by atoms with Crippen molar-refractivity contribution in [1.82, 2.24) is 10.2 Å². The molecule has 0 aliphatic carbocycles. The molecule has 1 aliphatic heterocycles. The van der Waals surface area contributed by atoms with Gasteiger partial charge in [0.05, 0.1) is 12.6 Å². The Hall–Kier alpha value is -1.11. The van der Waals surface area contributed by atoms with Crippen molar-refractivity contribution < 1.29 is 9.53 Å². The molecule has 1 amide bonds. The van der Waals surface area contributed by atoms with Crippen LogP contribution < -0.4 is 5.32 Å². The largest absolute Gasteiger partial charge is 0.377 e. The van der Waals surface area contributed by atoms with E-state index in [2.05, 4.69) is 21.7 Å². The average molecular weight is 413 g/mol. The predicted molar refractivity (Wildman–Crippen MR) is 107 cm³/mol. The van der Waals surface area contributed by atoms with Crippen molar-refractivity contribution in [3.8, 4) is 0 Å². The van der Waals surface area contributed by atoms with Crippen LogP contribution in [0.5, 0.6) is 0 Å². The number of nitrogens with one attached hydrogen (secondary N) is 1. The van der Waals surface area contributed by atoms with Gasteiger partial charge in [0.15, 0.2) is 0 Å². The standard InChI is InChI=1S/C19H22Cl2N2O2S/c20-15-6-5-14(18(21)9-15)10-22-19(24)13-23(11-16-3-1-7-25-16)12-17-4-2-8-26-17/h2,4-6,8-9,16H,1,3,7,10-13H2,(H,22,24). The molecular weight excluding hydrogens is 391 g/mol. The van der Waals surface area contributed by atoms with Crippen LogP contribution in [-0.2, 0) is 22.6 Å². The number of carbonyl (C=O) groups is 1. The minimum Gasteiger partial charge on any atom is -0.377 e. The molecule has 1 unspecified atom stereocenters. The molecule has 1 saturated heterocycles. The molecule has 140 valence electrons. The molecule has 1 fully saturated rings. The van der Waals surface area contributed by atoms with Gasteiger partial charge in [0.1, 0.15) is 0 Å². The zero-order chi connectivity index (χ0) is 18.4. The van der Waals surface area contributed by atoms with Gasteiger partial charge in [0.2, 0.25) is 5.91 Å².